The number of benzene rings is 1. The number of nitrogens with one attached hydrogen (secondary N) is 2. The smallest absolute Gasteiger partial charge is 0.251 e. The molecule has 4 heteroatoms. The highest BCUT2D eigenvalue weighted by Gasteiger charge is 2.19. The second kappa shape index (κ2) is 5.65. The molecule has 1 aliphatic heterocycles. The lowest BCUT2D eigenvalue weighted by molar-refractivity contribution is -0.115. The highest BCUT2D eigenvalue weighted by molar-refractivity contribution is 6.02. The minimum Gasteiger partial charge on any atom is -0.352 e. The number of carbonyl (C=O) groups excluding carboxylic acids is 2. The highest BCUT2D eigenvalue weighted by Crippen LogP contribution is 2.27. The van der Waals surface area contributed by atoms with Crippen molar-refractivity contribution < 1.29 is 9.59 Å². The molecule has 0 saturated heterocycles. The van der Waals surface area contributed by atoms with E-state index in [2.05, 4.69) is 10.6 Å². The highest BCUT2D eigenvalue weighted by atomic mass is 16.2. The summed E-state index contributed by atoms with van der Waals surface area (Å²) < 4.78 is 0. The van der Waals surface area contributed by atoms with Gasteiger partial charge < -0.3 is 10.6 Å². The van der Waals surface area contributed by atoms with Gasteiger partial charge in [0.15, 0.2) is 0 Å². The van der Waals surface area contributed by atoms with Crippen LogP contribution in [0.4, 0.5) is 5.69 Å². The third kappa shape index (κ3) is 2.84. The van der Waals surface area contributed by atoms with E-state index in [1.807, 2.05) is 6.07 Å². The molecule has 0 atom stereocenters. The molecular weight excluding hydrogens is 252 g/mol. The van der Waals surface area contributed by atoms with Crippen LogP contribution >= 0.6 is 0 Å². The molecular formula is C16H20N2O2. The van der Waals surface area contributed by atoms with Crippen LogP contribution in [0.5, 0.6) is 0 Å². The molecule has 106 valence electrons. The van der Waals surface area contributed by atoms with Crippen molar-refractivity contribution in [3.05, 3.63) is 29.3 Å². The summed E-state index contributed by atoms with van der Waals surface area (Å²) in [4.78, 5) is 23.4. The summed E-state index contributed by atoms with van der Waals surface area (Å²) in [7, 11) is 0. The summed E-state index contributed by atoms with van der Waals surface area (Å²) in [5.41, 5.74) is 2.37. The molecule has 2 amide bonds. The van der Waals surface area contributed by atoms with Gasteiger partial charge >= 0.3 is 0 Å². The van der Waals surface area contributed by atoms with Crippen molar-refractivity contribution in [2.75, 3.05) is 11.9 Å². The summed E-state index contributed by atoms with van der Waals surface area (Å²) in [6, 6.07) is 5.42. The number of rotatable bonds is 4. The van der Waals surface area contributed by atoms with Gasteiger partial charge in [0.05, 0.1) is 6.42 Å². The van der Waals surface area contributed by atoms with Gasteiger partial charge in [0.25, 0.3) is 5.91 Å². The minimum atomic E-state index is -0.0491. The number of hydrogen-bond donors (Lipinski definition) is 2. The molecule has 1 aromatic rings. The van der Waals surface area contributed by atoms with Gasteiger partial charge in [0.1, 0.15) is 0 Å². The van der Waals surface area contributed by atoms with E-state index in [0.29, 0.717) is 12.0 Å². The molecule has 1 saturated carbocycles. The second-order valence-corrected chi connectivity index (χ2v) is 5.79. The van der Waals surface area contributed by atoms with Crippen LogP contribution in [0.2, 0.25) is 0 Å². The van der Waals surface area contributed by atoms with Gasteiger partial charge in [-0.25, -0.2) is 0 Å². The summed E-state index contributed by atoms with van der Waals surface area (Å²) in [6.45, 7) is 0.743. The maximum absolute atomic E-state index is 12.1. The van der Waals surface area contributed by atoms with E-state index in [0.717, 1.165) is 30.1 Å². The van der Waals surface area contributed by atoms with Gasteiger partial charge in [-0.2, -0.15) is 0 Å². The molecule has 3 rings (SSSR count). The molecule has 1 fully saturated rings. The first-order valence-electron chi connectivity index (χ1n) is 7.43. The Kier molecular flexibility index (Phi) is 3.72. The molecule has 0 radical (unpaired) electrons. The molecule has 0 spiro atoms. The second-order valence-electron chi connectivity index (χ2n) is 5.79. The molecule has 1 heterocycles. The van der Waals surface area contributed by atoms with Crippen LogP contribution in [0.25, 0.3) is 0 Å². The fraction of sp³-hybridized carbons (Fsp3) is 0.500. The average molecular weight is 272 g/mol. The SMILES string of the molecule is O=C1Cc2ccc(C(=O)NCCC3CCCC3)cc2N1. The van der Waals surface area contributed by atoms with Crippen LogP contribution in [-0.4, -0.2) is 18.4 Å². The van der Waals surface area contributed by atoms with Crippen molar-refractivity contribution >= 4 is 17.5 Å². The van der Waals surface area contributed by atoms with E-state index in [1.54, 1.807) is 12.1 Å². The molecule has 1 aliphatic carbocycles. The lowest BCUT2D eigenvalue weighted by Gasteiger charge is -2.10. The zero-order chi connectivity index (χ0) is 13.9. The van der Waals surface area contributed by atoms with Crippen LogP contribution in [0, 0.1) is 5.92 Å². The quantitative estimate of drug-likeness (QED) is 0.884. The van der Waals surface area contributed by atoms with Crippen LogP contribution in [0.15, 0.2) is 18.2 Å². The summed E-state index contributed by atoms with van der Waals surface area (Å²) in [5.74, 6) is 0.736. The molecule has 0 bridgehead atoms. The lowest BCUT2D eigenvalue weighted by Crippen LogP contribution is -2.25. The number of anilines is 1. The largest absolute Gasteiger partial charge is 0.352 e. The number of fused-ring (bicyclic) bond motifs is 1. The molecule has 2 aliphatic rings. The standard InChI is InChI=1S/C16H20N2O2/c19-15-10-12-5-6-13(9-14(12)18-15)16(20)17-8-7-11-3-1-2-4-11/h5-6,9,11H,1-4,7-8,10H2,(H,17,20)(H,18,19). The fourth-order valence-electron chi connectivity index (χ4n) is 3.15. The average Bonchev–Trinajstić information content (AvgIpc) is 3.05. The van der Waals surface area contributed by atoms with Crippen molar-refractivity contribution in [3.63, 3.8) is 0 Å². The molecule has 1 aromatic carbocycles. The summed E-state index contributed by atoms with van der Waals surface area (Å²) >= 11 is 0. The Balaban J connectivity index is 1.54. The zero-order valence-electron chi connectivity index (χ0n) is 11.6. The van der Waals surface area contributed by atoms with Crippen molar-refractivity contribution in [2.24, 2.45) is 5.92 Å². The van der Waals surface area contributed by atoms with E-state index in [1.165, 1.54) is 25.7 Å². The predicted octanol–water partition coefficient (Wildman–Crippen LogP) is 2.49. The Morgan fingerprint density at radius 2 is 2.10 bits per heavy atom. The maximum Gasteiger partial charge on any atom is 0.251 e. The Morgan fingerprint density at radius 3 is 2.90 bits per heavy atom. The molecule has 20 heavy (non-hydrogen) atoms. The number of amides is 2. The first kappa shape index (κ1) is 13.2. The van der Waals surface area contributed by atoms with Gasteiger partial charge in [-0.3, -0.25) is 9.59 Å². The Labute approximate surface area is 118 Å². The maximum atomic E-state index is 12.1. The lowest BCUT2D eigenvalue weighted by atomic mass is 10.0. The van der Waals surface area contributed by atoms with Crippen LogP contribution in [0.3, 0.4) is 0 Å². The van der Waals surface area contributed by atoms with Crippen molar-refractivity contribution in [2.45, 2.75) is 38.5 Å². The van der Waals surface area contributed by atoms with Gasteiger partial charge in [-0.05, 0) is 30.0 Å². The topological polar surface area (TPSA) is 58.2 Å². The van der Waals surface area contributed by atoms with E-state index < -0.39 is 0 Å². The monoisotopic (exact) mass is 272 g/mol. The van der Waals surface area contributed by atoms with Crippen LogP contribution in [-0.2, 0) is 11.2 Å². The van der Waals surface area contributed by atoms with Crippen molar-refractivity contribution in [1.29, 1.82) is 0 Å². The third-order valence-corrected chi connectivity index (χ3v) is 4.31. The van der Waals surface area contributed by atoms with Gasteiger partial charge in [0.2, 0.25) is 5.91 Å². The first-order valence-corrected chi connectivity index (χ1v) is 7.43. The van der Waals surface area contributed by atoms with Gasteiger partial charge in [-0.1, -0.05) is 31.7 Å². The van der Waals surface area contributed by atoms with Gasteiger partial charge in [-0.15, -0.1) is 0 Å². The molecule has 2 N–H and O–H groups in total. The number of carbonyl (C=O) groups is 2. The normalized spacial score (nSPS) is 17.9. The fourth-order valence-corrected chi connectivity index (χ4v) is 3.15. The molecule has 0 unspecified atom stereocenters. The summed E-state index contributed by atoms with van der Waals surface area (Å²) in [6.07, 6.45) is 6.78. The Morgan fingerprint density at radius 1 is 1.30 bits per heavy atom. The Hall–Kier alpha value is -1.84. The summed E-state index contributed by atoms with van der Waals surface area (Å²) in [5, 5.41) is 5.75. The van der Waals surface area contributed by atoms with Crippen LogP contribution < -0.4 is 10.6 Å². The van der Waals surface area contributed by atoms with E-state index in [9.17, 15) is 9.59 Å². The van der Waals surface area contributed by atoms with E-state index in [4.69, 9.17) is 0 Å². The first-order chi connectivity index (χ1) is 9.72. The van der Waals surface area contributed by atoms with E-state index in [-0.39, 0.29) is 11.8 Å². The van der Waals surface area contributed by atoms with Crippen molar-refractivity contribution in [3.8, 4) is 0 Å². The Bertz CT molecular complexity index is 533. The van der Waals surface area contributed by atoms with Crippen molar-refractivity contribution in [1.82, 2.24) is 5.32 Å². The predicted molar refractivity (Wildman–Crippen MR) is 77.7 cm³/mol. The van der Waals surface area contributed by atoms with Crippen LogP contribution in [0.1, 0.15) is 48.0 Å². The van der Waals surface area contributed by atoms with E-state index >= 15 is 0 Å². The third-order valence-electron chi connectivity index (χ3n) is 4.31. The molecule has 0 aromatic heterocycles. The molecule has 4 nitrogen and oxygen atoms in total. The minimum absolute atomic E-state index is 0.00112. The zero-order valence-corrected chi connectivity index (χ0v) is 11.6. The van der Waals surface area contributed by atoms with Gasteiger partial charge in [0, 0.05) is 17.8 Å². The number of hydrogen-bond acceptors (Lipinski definition) is 2.